The zero-order valence-electron chi connectivity index (χ0n) is 18.7. The molecular formula is C20H26F3N3O6S. The molecule has 33 heavy (non-hydrogen) atoms. The summed E-state index contributed by atoms with van der Waals surface area (Å²) in [5.41, 5.74) is -4.13. The summed E-state index contributed by atoms with van der Waals surface area (Å²) in [6.07, 6.45) is -3.58. The van der Waals surface area contributed by atoms with Gasteiger partial charge in [-0.15, -0.1) is 9.09 Å². The molecule has 1 aromatic carbocycles. The Hall–Kier alpha value is -2.67. The molecule has 1 aromatic heterocycles. The predicted octanol–water partition coefficient (Wildman–Crippen LogP) is 3.36. The van der Waals surface area contributed by atoms with Crippen LogP contribution in [-0.2, 0) is 26.6 Å². The Morgan fingerprint density at radius 2 is 1.91 bits per heavy atom. The van der Waals surface area contributed by atoms with E-state index in [9.17, 15) is 31.8 Å². The fraction of sp³-hybridized carbons (Fsp3) is 0.550. The lowest BCUT2D eigenvalue weighted by Gasteiger charge is -2.22. The molecule has 0 aliphatic rings. The van der Waals surface area contributed by atoms with E-state index in [0.29, 0.717) is 16.9 Å². The van der Waals surface area contributed by atoms with E-state index in [2.05, 4.69) is 4.98 Å². The Morgan fingerprint density at radius 3 is 2.42 bits per heavy atom. The number of aromatic amines is 1. The molecule has 184 valence electrons. The van der Waals surface area contributed by atoms with E-state index in [-0.39, 0.29) is 34.2 Å². The molecule has 0 spiro atoms. The maximum absolute atomic E-state index is 13.7. The number of hydrogen-bond acceptors (Lipinski definition) is 6. The summed E-state index contributed by atoms with van der Waals surface area (Å²) in [6.45, 7) is 3.53. The minimum absolute atomic E-state index is 0.0221. The lowest BCUT2D eigenvalue weighted by atomic mass is 9.97. The molecule has 2 unspecified atom stereocenters. The lowest BCUT2D eigenvalue weighted by molar-refractivity contribution is -0.139. The van der Waals surface area contributed by atoms with Crippen LogP contribution in [0.4, 0.5) is 18.0 Å². The number of unbranched alkanes of at least 4 members (excludes halogenated alkanes) is 2. The average Bonchev–Trinajstić information content (AvgIpc) is 2.73. The number of halogens is 3. The van der Waals surface area contributed by atoms with E-state index >= 15 is 0 Å². The number of carbonyl (C=O) groups is 1. The van der Waals surface area contributed by atoms with Gasteiger partial charge in [0.25, 0.3) is 5.56 Å². The van der Waals surface area contributed by atoms with Crippen molar-refractivity contribution in [2.24, 2.45) is 0 Å². The van der Waals surface area contributed by atoms with Crippen LogP contribution in [-0.4, -0.2) is 39.9 Å². The largest absolute Gasteiger partial charge is 0.447 e. The first-order valence-corrected chi connectivity index (χ1v) is 11.7. The number of aromatic nitrogens is 2. The lowest BCUT2D eigenvalue weighted by Crippen LogP contribution is -2.54. The van der Waals surface area contributed by atoms with Crippen LogP contribution < -0.4 is 15.7 Å². The van der Waals surface area contributed by atoms with Crippen LogP contribution in [0.5, 0.6) is 0 Å². The molecule has 1 amide bonds. The summed E-state index contributed by atoms with van der Waals surface area (Å²) in [4.78, 5) is 40.4. The second kappa shape index (κ2) is 11.0. The van der Waals surface area contributed by atoms with Gasteiger partial charge in [0, 0.05) is 13.4 Å². The first-order valence-electron chi connectivity index (χ1n) is 10.2. The van der Waals surface area contributed by atoms with E-state index in [1.54, 1.807) is 6.92 Å². The summed E-state index contributed by atoms with van der Waals surface area (Å²) in [6, 6.07) is 1.61. The molecule has 13 heteroatoms. The number of nitrogens with one attached hydrogen (secondary N) is 1. The van der Waals surface area contributed by atoms with E-state index in [4.69, 9.17) is 9.47 Å². The number of alkyl halides is 3. The molecule has 1 heterocycles. The second-order valence-corrected chi connectivity index (χ2v) is 8.37. The Kier molecular flexibility index (Phi) is 8.83. The van der Waals surface area contributed by atoms with Gasteiger partial charge < -0.3 is 14.5 Å². The summed E-state index contributed by atoms with van der Waals surface area (Å²) in [5.74, 6) is 0. The van der Waals surface area contributed by atoms with Gasteiger partial charge in [0.15, 0.2) is 0 Å². The predicted molar refractivity (Wildman–Crippen MR) is 117 cm³/mol. The fourth-order valence-corrected chi connectivity index (χ4v) is 3.97. The van der Waals surface area contributed by atoms with Crippen molar-refractivity contribution in [3.63, 3.8) is 0 Å². The van der Waals surface area contributed by atoms with E-state index in [1.165, 1.54) is 7.11 Å². The van der Waals surface area contributed by atoms with Crippen molar-refractivity contribution in [2.45, 2.75) is 51.8 Å². The van der Waals surface area contributed by atoms with Gasteiger partial charge in [-0.05, 0) is 30.5 Å². The molecule has 9 nitrogen and oxygen atoms in total. The van der Waals surface area contributed by atoms with Gasteiger partial charge in [0.05, 0.1) is 29.2 Å². The number of benzene rings is 1. The molecule has 2 rings (SSSR count). The van der Waals surface area contributed by atoms with Crippen LogP contribution in [0.25, 0.3) is 10.9 Å². The SMILES string of the molecule is CCCCCOC(=O)N(n1c(=O)[nH]c2cc(C(F)(F)F)c(C(CC)OC)cc2c1=O)S(C)=O. The average molecular weight is 494 g/mol. The number of carbonyl (C=O) groups excluding carboxylic acids is 1. The smallest absolute Gasteiger partial charge is 0.442 e. The van der Waals surface area contributed by atoms with Crippen LogP contribution in [0, 0.1) is 0 Å². The highest BCUT2D eigenvalue weighted by Crippen LogP contribution is 2.38. The van der Waals surface area contributed by atoms with Crippen LogP contribution >= 0.6 is 0 Å². The van der Waals surface area contributed by atoms with Crippen LogP contribution in [0.3, 0.4) is 0 Å². The second-order valence-electron chi connectivity index (χ2n) is 7.18. The summed E-state index contributed by atoms with van der Waals surface area (Å²) in [5, 5.41) is -0.317. The highest BCUT2D eigenvalue weighted by atomic mass is 32.2. The van der Waals surface area contributed by atoms with E-state index in [0.717, 1.165) is 25.2 Å². The number of ether oxygens (including phenoxy) is 2. The van der Waals surface area contributed by atoms with Gasteiger partial charge in [0.2, 0.25) is 0 Å². The Bertz CT molecular complexity index is 1140. The number of H-pyrrole nitrogens is 1. The molecule has 0 radical (unpaired) electrons. The third-order valence-corrected chi connectivity index (χ3v) is 5.71. The topological polar surface area (TPSA) is 111 Å². The number of nitrogens with zero attached hydrogens (tertiary/aromatic N) is 2. The summed E-state index contributed by atoms with van der Waals surface area (Å²) >= 11 is 0. The highest BCUT2D eigenvalue weighted by Gasteiger charge is 2.36. The highest BCUT2D eigenvalue weighted by molar-refractivity contribution is 7.86. The van der Waals surface area contributed by atoms with Crippen molar-refractivity contribution in [3.8, 4) is 0 Å². The molecule has 0 saturated carbocycles. The Morgan fingerprint density at radius 1 is 1.24 bits per heavy atom. The van der Waals surface area contributed by atoms with Crippen molar-refractivity contribution < 1.29 is 31.6 Å². The minimum Gasteiger partial charge on any atom is -0.447 e. The van der Waals surface area contributed by atoms with Crippen LogP contribution in [0.1, 0.15) is 56.8 Å². The van der Waals surface area contributed by atoms with Gasteiger partial charge in [-0.25, -0.2) is 13.8 Å². The molecular weight excluding hydrogens is 467 g/mol. The number of fused-ring (bicyclic) bond motifs is 1. The Labute approximate surface area is 190 Å². The van der Waals surface area contributed by atoms with Crippen molar-refractivity contribution in [1.29, 1.82) is 0 Å². The number of methoxy groups -OCH3 is 1. The van der Waals surface area contributed by atoms with Crippen molar-refractivity contribution in [3.05, 3.63) is 44.1 Å². The van der Waals surface area contributed by atoms with E-state index < -0.39 is 46.2 Å². The zero-order valence-corrected chi connectivity index (χ0v) is 19.5. The van der Waals surface area contributed by atoms with Crippen molar-refractivity contribution >= 4 is 28.0 Å². The molecule has 1 N–H and O–H groups in total. The molecule has 2 atom stereocenters. The molecule has 0 saturated heterocycles. The third kappa shape index (κ3) is 5.82. The maximum Gasteiger partial charge on any atom is 0.442 e. The summed E-state index contributed by atoms with van der Waals surface area (Å²) in [7, 11) is -0.958. The number of rotatable bonds is 9. The van der Waals surface area contributed by atoms with Gasteiger partial charge in [-0.2, -0.15) is 13.2 Å². The first kappa shape index (κ1) is 26.6. The monoisotopic (exact) mass is 493 g/mol. The third-order valence-electron chi connectivity index (χ3n) is 4.91. The molecule has 0 fully saturated rings. The number of amides is 1. The summed E-state index contributed by atoms with van der Waals surface area (Å²) < 4.78 is 64.0. The van der Waals surface area contributed by atoms with Gasteiger partial charge in [0.1, 0.15) is 11.0 Å². The first-order chi connectivity index (χ1) is 15.5. The molecule has 0 bridgehead atoms. The van der Waals surface area contributed by atoms with Crippen LogP contribution in [0.2, 0.25) is 0 Å². The Balaban J connectivity index is 2.72. The fourth-order valence-electron chi connectivity index (χ4n) is 3.33. The van der Waals surface area contributed by atoms with Crippen molar-refractivity contribution in [2.75, 3.05) is 24.4 Å². The van der Waals surface area contributed by atoms with Gasteiger partial charge >= 0.3 is 18.0 Å². The van der Waals surface area contributed by atoms with Gasteiger partial charge in [-0.3, -0.25) is 4.79 Å². The van der Waals surface area contributed by atoms with Crippen molar-refractivity contribution in [1.82, 2.24) is 9.66 Å². The zero-order chi connectivity index (χ0) is 24.9. The minimum atomic E-state index is -4.78. The standard InChI is InChI=1S/C20H26F3N3O6S/c1-5-7-8-9-32-19(29)26(33(4)30)25-17(27)13-10-12(16(6-2)31-3)14(20(21,22)23)11-15(13)24-18(25)28/h10-11,16H,5-9H2,1-4H3,(H,24,28). The quantitative estimate of drug-likeness (QED) is 0.537. The molecule has 0 aliphatic carbocycles. The van der Waals surface area contributed by atoms with Gasteiger partial charge in [-0.1, -0.05) is 26.7 Å². The van der Waals surface area contributed by atoms with E-state index in [1.807, 2.05) is 6.92 Å². The molecule has 2 aromatic rings. The maximum atomic E-state index is 13.7. The normalized spacial score (nSPS) is 13.7. The van der Waals surface area contributed by atoms with Crippen LogP contribution in [0.15, 0.2) is 21.7 Å². The molecule has 0 aliphatic heterocycles. The number of hydrogen-bond donors (Lipinski definition) is 1.